The molecule has 2 atom stereocenters. The lowest BCUT2D eigenvalue weighted by atomic mass is 10.2. The van der Waals surface area contributed by atoms with Crippen LogP contribution in [0.4, 0.5) is 0 Å². The van der Waals surface area contributed by atoms with E-state index in [-0.39, 0.29) is 0 Å². The monoisotopic (exact) mass is 281 g/mol. The molecule has 1 heterocycles. The lowest BCUT2D eigenvalue weighted by molar-refractivity contribution is 0.106. The first-order valence-corrected chi connectivity index (χ1v) is 7.99. The molecule has 0 saturated carbocycles. The van der Waals surface area contributed by atoms with Crippen molar-refractivity contribution in [3.05, 3.63) is 29.8 Å². The van der Waals surface area contributed by atoms with Crippen molar-refractivity contribution in [2.45, 2.75) is 31.1 Å². The van der Waals surface area contributed by atoms with E-state index in [9.17, 15) is 5.11 Å². The summed E-state index contributed by atoms with van der Waals surface area (Å²) >= 11 is 2.03. The fourth-order valence-electron chi connectivity index (χ4n) is 2.18. The fourth-order valence-corrected chi connectivity index (χ4v) is 3.42. The molecular formula is C15H23NO2S. The lowest BCUT2D eigenvalue weighted by Gasteiger charge is -2.16. The molecule has 2 rings (SSSR count). The van der Waals surface area contributed by atoms with E-state index in [1.165, 1.54) is 18.6 Å². The average molecular weight is 281 g/mol. The average Bonchev–Trinajstić information content (AvgIpc) is 2.91. The highest BCUT2D eigenvalue weighted by Crippen LogP contribution is 2.25. The first-order valence-electron chi connectivity index (χ1n) is 6.94. The normalized spacial score (nSPS) is 20.4. The largest absolute Gasteiger partial charge is 0.491 e. The van der Waals surface area contributed by atoms with Gasteiger partial charge < -0.3 is 15.2 Å². The van der Waals surface area contributed by atoms with Gasteiger partial charge in [0.15, 0.2) is 0 Å². The second-order valence-corrected chi connectivity index (χ2v) is 6.43. The van der Waals surface area contributed by atoms with Gasteiger partial charge in [0.05, 0.1) is 0 Å². The molecule has 0 amide bonds. The third-order valence-electron chi connectivity index (χ3n) is 3.30. The number of para-hydroxylation sites is 1. The minimum Gasteiger partial charge on any atom is -0.491 e. The van der Waals surface area contributed by atoms with Crippen LogP contribution >= 0.6 is 11.8 Å². The SMILES string of the molecule is Cc1ccccc1OCC(O)CNCC1CCCS1. The number of hydrogen-bond donors (Lipinski definition) is 2. The Balaban J connectivity index is 1.61. The molecule has 1 aliphatic rings. The number of aliphatic hydroxyl groups excluding tert-OH is 1. The summed E-state index contributed by atoms with van der Waals surface area (Å²) in [5, 5.41) is 13.9. The first kappa shape index (κ1) is 14.7. The van der Waals surface area contributed by atoms with Crippen LogP contribution in [0, 0.1) is 6.92 Å². The maximum Gasteiger partial charge on any atom is 0.122 e. The molecule has 0 radical (unpaired) electrons. The van der Waals surface area contributed by atoms with Crippen LogP contribution in [0.3, 0.4) is 0 Å². The Morgan fingerprint density at radius 2 is 2.32 bits per heavy atom. The van der Waals surface area contributed by atoms with Gasteiger partial charge in [-0.2, -0.15) is 11.8 Å². The number of aryl methyl sites for hydroxylation is 1. The summed E-state index contributed by atoms with van der Waals surface area (Å²) < 4.78 is 5.63. The molecule has 19 heavy (non-hydrogen) atoms. The van der Waals surface area contributed by atoms with Gasteiger partial charge in [-0.3, -0.25) is 0 Å². The molecule has 0 aromatic heterocycles. The molecule has 106 valence electrons. The minimum absolute atomic E-state index is 0.343. The zero-order chi connectivity index (χ0) is 13.5. The predicted molar refractivity (Wildman–Crippen MR) is 81.0 cm³/mol. The number of thioether (sulfide) groups is 1. The van der Waals surface area contributed by atoms with Crippen molar-refractivity contribution >= 4 is 11.8 Å². The van der Waals surface area contributed by atoms with E-state index >= 15 is 0 Å². The Kier molecular flexibility index (Phi) is 6.01. The summed E-state index contributed by atoms with van der Waals surface area (Å²) in [4.78, 5) is 0. The zero-order valence-corrected chi connectivity index (χ0v) is 12.3. The Morgan fingerprint density at radius 3 is 3.05 bits per heavy atom. The highest BCUT2D eigenvalue weighted by molar-refractivity contribution is 8.00. The molecule has 0 spiro atoms. The lowest BCUT2D eigenvalue weighted by Crippen LogP contribution is -2.34. The minimum atomic E-state index is -0.453. The molecule has 2 N–H and O–H groups in total. The second kappa shape index (κ2) is 7.78. The number of hydrogen-bond acceptors (Lipinski definition) is 4. The molecule has 1 saturated heterocycles. The van der Waals surface area contributed by atoms with E-state index in [4.69, 9.17) is 4.74 Å². The van der Waals surface area contributed by atoms with Gasteiger partial charge in [0, 0.05) is 18.3 Å². The van der Waals surface area contributed by atoms with Crippen LogP contribution < -0.4 is 10.1 Å². The highest BCUT2D eigenvalue weighted by atomic mass is 32.2. The van der Waals surface area contributed by atoms with E-state index < -0.39 is 6.10 Å². The molecule has 1 fully saturated rings. The van der Waals surface area contributed by atoms with Gasteiger partial charge in [-0.25, -0.2) is 0 Å². The van der Waals surface area contributed by atoms with Crippen LogP contribution in [0.1, 0.15) is 18.4 Å². The first-order chi connectivity index (χ1) is 9.25. The molecular weight excluding hydrogens is 258 g/mol. The van der Waals surface area contributed by atoms with Crippen molar-refractivity contribution in [1.29, 1.82) is 0 Å². The van der Waals surface area contributed by atoms with Crippen molar-refractivity contribution in [2.24, 2.45) is 0 Å². The number of benzene rings is 1. The molecule has 0 aliphatic carbocycles. The van der Waals surface area contributed by atoms with Crippen molar-refractivity contribution in [1.82, 2.24) is 5.32 Å². The number of nitrogens with one attached hydrogen (secondary N) is 1. The maximum atomic E-state index is 9.88. The van der Waals surface area contributed by atoms with Crippen molar-refractivity contribution in [3.63, 3.8) is 0 Å². The smallest absolute Gasteiger partial charge is 0.122 e. The Bertz CT molecular complexity index is 380. The maximum absolute atomic E-state index is 9.88. The molecule has 1 aromatic rings. The van der Waals surface area contributed by atoms with Gasteiger partial charge in [0.25, 0.3) is 0 Å². The van der Waals surface area contributed by atoms with Crippen molar-refractivity contribution in [3.8, 4) is 5.75 Å². The fraction of sp³-hybridized carbons (Fsp3) is 0.600. The van der Waals surface area contributed by atoms with Crippen LogP contribution in [0.25, 0.3) is 0 Å². The zero-order valence-electron chi connectivity index (χ0n) is 11.5. The van der Waals surface area contributed by atoms with Gasteiger partial charge in [-0.15, -0.1) is 0 Å². The van der Waals surface area contributed by atoms with Crippen LogP contribution in [-0.4, -0.2) is 41.9 Å². The van der Waals surface area contributed by atoms with Gasteiger partial charge in [0.2, 0.25) is 0 Å². The quantitative estimate of drug-likeness (QED) is 0.804. The Hall–Kier alpha value is -0.710. The van der Waals surface area contributed by atoms with Gasteiger partial charge in [0.1, 0.15) is 18.5 Å². The van der Waals surface area contributed by atoms with Crippen LogP contribution in [0.5, 0.6) is 5.75 Å². The van der Waals surface area contributed by atoms with E-state index in [0.717, 1.165) is 23.1 Å². The summed E-state index contributed by atoms with van der Waals surface area (Å²) in [5.74, 6) is 2.14. The van der Waals surface area contributed by atoms with Gasteiger partial charge in [-0.1, -0.05) is 18.2 Å². The predicted octanol–water partition coefficient (Wildman–Crippen LogP) is 2.22. The van der Waals surface area contributed by atoms with E-state index in [2.05, 4.69) is 5.32 Å². The van der Waals surface area contributed by atoms with Crippen LogP contribution in [0.2, 0.25) is 0 Å². The summed E-state index contributed by atoms with van der Waals surface area (Å²) in [5.41, 5.74) is 1.10. The number of aliphatic hydroxyl groups is 1. The third kappa shape index (κ3) is 5.05. The van der Waals surface area contributed by atoms with Gasteiger partial charge >= 0.3 is 0 Å². The number of ether oxygens (including phenoxy) is 1. The highest BCUT2D eigenvalue weighted by Gasteiger charge is 2.15. The van der Waals surface area contributed by atoms with Crippen LogP contribution in [0.15, 0.2) is 24.3 Å². The summed E-state index contributed by atoms with van der Waals surface area (Å²) in [6, 6.07) is 7.88. The third-order valence-corrected chi connectivity index (χ3v) is 4.70. The molecule has 1 aromatic carbocycles. The second-order valence-electron chi connectivity index (χ2n) is 5.02. The van der Waals surface area contributed by atoms with Crippen LogP contribution in [-0.2, 0) is 0 Å². The molecule has 2 unspecified atom stereocenters. The molecule has 3 nitrogen and oxygen atoms in total. The molecule has 1 aliphatic heterocycles. The van der Waals surface area contributed by atoms with E-state index in [0.29, 0.717) is 13.2 Å². The summed E-state index contributed by atoms with van der Waals surface area (Å²) in [6.07, 6.45) is 2.18. The number of rotatable bonds is 7. The van der Waals surface area contributed by atoms with E-state index in [1.807, 2.05) is 43.0 Å². The topological polar surface area (TPSA) is 41.5 Å². The summed E-state index contributed by atoms with van der Waals surface area (Å²) in [6.45, 7) is 3.95. The molecule has 4 heteroatoms. The summed E-state index contributed by atoms with van der Waals surface area (Å²) in [7, 11) is 0. The van der Waals surface area contributed by atoms with Crippen molar-refractivity contribution in [2.75, 3.05) is 25.4 Å². The molecule has 0 bridgehead atoms. The van der Waals surface area contributed by atoms with E-state index in [1.54, 1.807) is 0 Å². The Morgan fingerprint density at radius 1 is 1.47 bits per heavy atom. The standard InChI is InChI=1S/C15H23NO2S/c1-12-5-2-3-7-15(12)18-11-13(17)9-16-10-14-6-4-8-19-14/h2-3,5,7,13-14,16-17H,4,6,8-11H2,1H3. The van der Waals surface area contributed by atoms with Crippen molar-refractivity contribution < 1.29 is 9.84 Å². The Labute approximate surface area is 119 Å². The van der Waals surface area contributed by atoms with Gasteiger partial charge in [-0.05, 0) is 37.1 Å².